The van der Waals surface area contributed by atoms with Gasteiger partial charge in [-0.15, -0.1) is 5.10 Å². The van der Waals surface area contributed by atoms with Crippen molar-refractivity contribution in [3.8, 4) is 5.75 Å². The van der Waals surface area contributed by atoms with Gasteiger partial charge in [-0.3, -0.25) is 4.79 Å². The largest absolute Gasteiger partial charge is 0.494 e. The van der Waals surface area contributed by atoms with Crippen molar-refractivity contribution in [2.24, 2.45) is 5.41 Å². The molecule has 148 valence electrons. The first-order valence-corrected chi connectivity index (χ1v) is 9.43. The van der Waals surface area contributed by atoms with Crippen LogP contribution in [-0.4, -0.2) is 32.1 Å². The molecular formula is C21H27N5O2. The third-order valence-electron chi connectivity index (χ3n) is 4.31. The molecule has 0 unspecified atom stereocenters. The number of amides is 1. The summed E-state index contributed by atoms with van der Waals surface area (Å²) >= 11 is 0. The van der Waals surface area contributed by atoms with Crippen molar-refractivity contribution in [1.29, 1.82) is 0 Å². The molecule has 0 aliphatic rings. The van der Waals surface area contributed by atoms with Crippen LogP contribution in [0, 0.1) is 19.3 Å². The first-order chi connectivity index (χ1) is 13.2. The van der Waals surface area contributed by atoms with Gasteiger partial charge >= 0.3 is 0 Å². The van der Waals surface area contributed by atoms with E-state index in [9.17, 15) is 4.79 Å². The molecule has 0 aliphatic carbocycles. The molecule has 0 aliphatic heterocycles. The molecule has 0 saturated heterocycles. The van der Waals surface area contributed by atoms with Crippen molar-refractivity contribution >= 4 is 17.4 Å². The molecule has 7 nitrogen and oxygen atoms in total. The van der Waals surface area contributed by atoms with Gasteiger partial charge in [-0.05, 0) is 51.1 Å². The zero-order valence-electron chi connectivity index (χ0n) is 17.4. The van der Waals surface area contributed by atoms with Gasteiger partial charge in [0.2, 0.25) is 5.91 Å². The van der Waals surface area contributed by atoms with Crippen molar-refractivity contribution < 1.29 is 9.53 Å². The Hall–Kier alpha value is -2.96. The molecule has 0 radical (unpaired) electrons. The number of aryl methyl sites for hydroxylation is 2. The fraction of sp³-hybridized carbons (Fsp3) is 0.429. The molecule has 2 heterocycles. The highest BCUT2D eigenvalue weighted by atomic mass is 16.5. The number of carbonyl (C=O) groups is 1. The van der Waals surface area contributed by atoms with Gasteiger partial charge in [-0.1, -0.05) is 20.8 Å². The van der Waals surface area contributed by atoms with Crippen molar-refractivity contribution in [1.82, 2.24) is 19.6 Å². The predicted molar refractivity (Wildman–Crippen MR) is 109 cm³/mol. The Balaban J connectivity index is 1.97. The van der Waals surface area contributed by atoms with Crippen LogP contribution < -0.4 is 9.64 Å². The monoisotopic (exact) mass is 381 g/mol. The minimum Gasteiger partial charge on any atom is -0.494 e. The lowest BCUT2D eigenvalue weighted by molar-refractivity contribution is -0.125. The molecule has 7 heteroatoms. The number of nitrogens with zero attached hydrogens (tertiary/aromatic N) is 5. The fourth-order valence-corrected chi connectivity index (χ4v) is 2.99. The van der Waals surface area contributed by atoms with Crippen LogP contribution in [0.4, 0.5) is 5.69 Å². The van der Waals surface area contributed by atoms with Gasteiger partial charge in [0.1, 0.15) is 5.75 Å². The summed E-state index contributed by atoms with van der Waals surface area (Å²) in [5.41, 5.74) is 2.08. The predicted octanol–water partition coefficient (Wildman–Crippen LogP) is 3.72. The van der Waals surface area contributed by atoms with E-state index in [1.807, 2.05) is 71.9 Å². The maximum absolute atomic E-state index is 13.1. The summed E-state index contributed by atoms with van der Waals surface area (Å²) in [7, 11) is 0. The molecule has 3 rings (SSSR count). The van der Waals surface area contributed by atoms with E-state index in [4.69, 9.17) is 4.74 Å². The summed E-state index contributed by atoms with van der Waals surface area (Å²) in [5.74, 6) is 1.86. The van der Waals surface area contributed by atoms with Crippen LogP contribution >= 0.6 is 0 Å². The molecule has 0 bridgehead atoms. The highest BCUT2D eigenvalue weighted by molar-refractivity contribution is 5.96. The van der Waals surface area contributed by atoms with Crippen molar-refractivity contribution in [3.05, 3.63) is 47.5 Å². The van der Waals surface area contributed by atoms with Gasteiger partial charge in [0, 0.05) is 22.5 Å². The van der Waals surface area contributed by atoms with E-state index in [1.165, 1.54) is 0 Å². The summed E-state index contributed by atoms with van der Waals surface area (Å²) in [4.78, 5) is 23.8. The van der Waals surface area contributed by atoms with E-state index in [0.717, 1.165) is 22.8 Å². The number of hydrogen-bond acceptors (Lipinski definition) is 5. The second-order valence-electron chi connectivity index (χ2n) is 7.85. The van der Waals surface area contributed by atoms with Crippen molar-refractivity contribution in [2.45, 2.75) is 48.1 Å². The van der Waals surface area contributed by atoms with E-state index in [1.54, 1.807) is 9.42 Å². The number of benzene rings is 1. The van der Waals surface area contributed by atoms with Crippen molar-refractivity contribution in [2.75, 3.05) is 11.5 Å². The smallest absolute Gasteiger partial charge is 0.252 e. The Morgan fingerprint density at radius 2 is 1.82 bits per heavy atom. The van der Waals surface area contributed by atoms with E-state index in [2.05, 4.69) is 15.1 Å². The average molecular weight is 381 g/mol. The molecule has 1 amide bonds. The molecular weight excluding hydrogens is 354 g/mol. The minimum absolute atomic E-state index is 0.00335. The SMILES string of the molecule is CCOc1ccc(N(Cc2nc3nc(C)cc(C)n3n2)C(=O)C(C)(C)C)cc1. The number of aromatic nitrogens is 4. The van der Waals surface area contributed by atoms with Crippen LogP contribution in [0.2, 0.25) is 0 Å². The molecule has 2 aromatic heterocycles. The summed E-state index contributed by atoms with van der Waals surface area (Å²) in [5, 5.41) is 4.55. The van der Waals surface area contributed by atoms with Crippen molar-refractivity contribution in [3.63, 3.8) is 0 Å². The molecule has 0 fully saturated rings. The topological polar surface area (TPSA) is 72.6 Å². The second kappa shape index (κ2) is 7.58. The lowest BCUT2D eigenvalue weighted by Crippen LogP contribution is -2.39. The summed E-state index contributed by atoms with van der Waals surface area (Å²) < 4.78 is 7.22. The Morgan fingerprint density at radius 3 is 2.43 bits per heavy atom. The number of anilines is 1. The zero-order chi connectivity index (χ0) is 20.5. The van der Waals surface area contributed by atoms with Crippen LogP contribution in [0.1, 0.15) is 44.9 Å². The number of ether oxygens (including phenoxy) is 1. The summed E-state index contributed by atoms with van der Waals surface area (Å²) in [6.07, 6.45) is 0. The van der Waals surface area contributed by atoms with Crippen LogP contribution in [0.3, 0.4) is 0 Å². The molecule has 28 heavy (non-hydrogen) atoms. The highest BCUT2D eigenvalue weighted by Gasteiger charge is 2.29. The summed E-state index contributed by atoms with van der Waals surface area (Å²) in [6, 6.07) is 9.47. The maximum Gasteiger partial charge on any atom is 0.252 e. The van der Waals surface area contributed by atoms with E-state index < -0.39 is 5.41 Å². The van der Waals surface area contributed by atoms with Crippen LogP contribution in [-0.2, 0) is 11.3 Å². The molecule has 1 aromatic carbocycles. The lowest BCUT2D eigenvalue weighted by Gasteiger charge is -2.28. The van der Waals surface area contributed by atoms with Crippen LogP contribution in [0.15, 0.2) is 30.3 Å². The molecule has 3 aromatic rings. The quantitative estimate of drug-likeness (QED) is 0.673. The normalized spacial score (nSPS) is 11.6. The summed E-state index contributed by atoms with van der Waals surface area (Å²) in [6.45, 7) is 12.4. The highest BCUT2D eigenvalue weighted by Crippen LogP contribution is 2.26. The molecule has 0 spiro atoms. The van der Waals surface area contributed by atoms with E-state index >= 15 is 0 Å². The van der Waals surface area contributed by atoms with Gasteiger partial charge in [0.05, 0.1) is 13.2 Å². The second-order valence-corrected chi connectivity index (χ2v) is 7.85. The number of rotatable bonds is 5. The van der Waals surface area contributed by atoms with Crippen LogP contribution in [0.25, 0.3) is 5.78 Å². The van der Waals surface area contributed by atoms with Gasteiger partial charge in [0.25, 0.3) is 5.78 Å². The average Bonchev–Trinajstić information content (AvgIpc) is 3.02. The Morgan fingerprint density at radius 1 is 1.14 bits per heavy atom. The maximum atomic E-state index is 13.1. The number of carbonyl (C=O) groups excluding carboxylic acids is 1. The van der Waals surface area contributed by atoms with Crippen LogP contribution in [0.5, 0.6) is 5.75 Å². The van der Waals surface area contributed by atoms with E-state index in [-0.39, 0.29) is 12.5 Å². The molecule has 0 N–H and O–H groups in total. The number of hydrogen-bond donors (Lipinski definition) is 0. The number of fused-ring (bicyclic) bond motifs is 1. The fourth-order valence-electron chi connectivity index (χ4n) is 2.99. The van der Waals surface area contributed by atoms with E-state index in [0.29, 0.717) is 18.2 Å². The first kappa shape index (κ1) is 19.8. The Bertz CT molecular complexity index is 986. The molecule has 0 atom stereocenters. The first-order valence-electron chi connectivity index (χ1n) is 9.43. The minimum atomic E-state index is -0.539. The standard InChI is InChI=1S/C21H27N5O2/c1-7-28-17-10-8-16(9-11-17)25(19(27)21(4,5)6)13-18-23-20-22-14(2)12-15(3)26(20)24-18/h8-12H,7,13H2,1-6H3. The third-order valence-corrected chi connectivity index (χ3v) is 4.31. The van der Waals surface area contributed by atoms with Gasteiger partial charge < -0.3 is 9.64 Å². The zero-order valence-corrected chi connectivity index (χ0v) is 17.4. The Kier molecular flexibility index (Phi) is 5.36. The van der Waals surface area contributed by atoms with Gasteiger partial charge in [-0.25, -0.2) is 9.50 Å². The molecule has 0 saturated carbocycles. The van der Waals surface area contributed by atoms with Gasteiger partial charge in [-0.2, -0.15) is 4.98 Å². The third kappa shape index (κ3) is 4.13. The van der Waals surface area contributed by atoms with Gasteiger partial charge in [0.15, 0.2) is 5.82 Å². The Labute approximate surface area is 165 Å². The lowest BCUT2D eigenvalue weighted by atomic mass is 9.94.